The van der Waals surface area contributed by atoms with E-state index >= 15 is 0 Å². The number of nitrogens with one attached hydrogen (secondary N) is 1. The normalized spacial score (nSPS) is 19.4. The largest absolute Gasteiger partial charge is 0.507 e. The van der Waals surface area contributed by atoms with Crippen LogP contribution >= 0.6 is 0 Å². The fourth-order valence-electron chi connectivity index (χ4n) is 5.28. The van der Waals surface area contributed by atoms with Gasteiger partial charge in [-0.15, -0.1) is 0 Å². The molecule has 2 saturated heterocycles. The number of aromatic nitrogens is 1. The zero-order chi connectivity index (χ0) is 28.3. The Morgan fingerprint density at radius 2 is 1.85 bits per heavy atom. The van der Waals surface area contributed by atoms with Crippen molar-refractivity contribution in [3.8, 4) is 11.5 Å². The lowest BCUT2D eigenvalue weighted by atomic mass is 9.93. The molecule has 39 heavy (non-hydrogen) atoms. The number of amides is 1. The fraction of sp³-hybridized carbons (Fsp3) is 0.464. The molecule has 11 nitrogen and oxygen atoms in total. The number of hydrogen-bond donors (Lipinski definition) is 2. The first-order chi connectivity index (χ1) is 18.7. The molecule has 0 spiro atoms. The number of H-pyrrole nitrogens is 1. The highest BCUT2D eigenvalue weighted by Crippen LogP contribution is 2.46. The molecule has 1 atom stereocenters. The van der Waals surface area contributed by atoms with Crippen LogP contribution in [-0.2, 0) is 19.1 Å². The molecule has 0 aliphatic carbocycles. The molecule has 4 rings (SSSR count). The summed E-state index contributed by atoms with van der Waals surface area (Å²) in [5.41, 5.74) is 1.73. The number of methoxy groups -OCH3 is 2. The predicted molar refractivity (Wildman–Crippen MR) is 142 cm³/mol. The van der Waals surface area contributed by atoms with E-state index in [1.807, 2.05) is 0 Å². The van der Waals surface area contributed by atoms with Crippen molar-refractivity contribution in [1.82, 2.24) is 14.8 Å². The van der Waals surface area contributed by atoms with Gasteiger partial charge in [-0.1, -0.05) is 12.1 Å². The quantitative estimate of drug-likeness (QED) is 0.213. The summed E-state index contributed by atoms with van der Waals surface area (Å²) >= 11 is 0. The number of carbonyl (C=O) groups excluding carboxylic acids is 3. The van der Waals surface area contributed by atoms with Crippen LogP contribution in [0.3, 0.4) is 0 Å². The van der Waals surface area contributed by atoms with Gasteiger partial charge in [0.25, 0.3) is 11.7 Å². The molecule has 0 radical (unpaired) electrons. The highest BCUT2D eigenvalue weighted by atomic mass is 16.5. The molecule has 0 bridgehead atoms. The van der Waals surface area contributed by atoms with Gasteiger partial charge in [0.2, 0.25) is 0 Å². The third-order valence-corrected chi connectivity index (χ3v) is 7.18. The molecular weight excluding hydrogens is 506 g/mol. The molecule has 2 aromatic rings. The molecule has 3 heterocycles. The first-order valence-electron chi connectivity index (χ1n) is 12.9. The molecule has 1 amide bonds. The van der Waals surface area contributed by atoms with Gasteiger partial charge < -0.3 is 33.9 Å². The van der Waals surface area contributed by atoms with Crippen LogP contribution in [0.1, 0.15) is 45.8 Å². The Kier molecular flexibility index (Phi) is 8.61. The van der Waals surface area contributed by atoms with Crippen LogP contribution in [0.5, 0.6) is 11.5 Å². The fourth-order valence-corrected chi connectivity index (χ4v) is 5.28. The highest BCUT2D eigenvalue weighted by Gasteiger charge is 2.48. The van der Waals surface area contributed by atoms with E-state index in [1.54, 1.807) is 39.0 Å². The van der Waals surface area contributed by atoms with Crippen LogP contribution in [0, 0.1) is 13.8 Å². The SMILES string of the molecule is CCOC(=O)c1[nH]c(C)c(/C(O)=C2\C(=O)C(=O)N(CCN3CCOCC3)C2c2cccc(OC)c2OC)c1C. The van der Waals surface area contributed by atoms with Gasteiger partial charge in [0.15, 0.2) is 11.5 Å². The van der Waals surface area contributed by atoms with Crippen molar-refractivity contribution in [2.24, 2.45) is 0 Å². The number of rotatable bonds is 9. The van der Waals surface area contributed by atoms with Crippen LogP contribution in [0.15, 0.2) is 23.8 Å². The summed E-state index contributed by atoms with van der Waals surface area (Å²) < 4.78 is 21.7. The number of nitrogens with zero attached hydrogens (tertiary/aromatic N) is 2. The van der Waals surface area contributed by atoms with Crippen molar-refractivity contribution in [2.45, 2.75) is 26.8 Å². The van der Waals surface area contributed by atoms with Crippen molar-refractivity contribution >= 4 is 23.4 Å². The van der Waals surface area contributed by atoms with Crippen LogP contribution < -0.4 is 9.47 Å². The number of ketones is 1. The summed E-state index contributed by atoms with van der Waals surface area (Å²) in [5, 5.41) is 11.7. The number of para-hydroxylation sites is 1. The second kappa shape index (κ2) is 11.9. The number of aliphatic hydroxyl groups is 1. The lowest BCUT2D eigenvalue weighted by Crippen LogP contribution is -2.42. The number of morpholine rings is 1. The average Bonchev–Trinajstić information content (AvgIpc) is 3.38. The van der Waals surface area contributed by atoms with E-state index in [2.05, 4.69) is 9.88 Å². The number of likely N-dealkylation sites (tertiary alicyclic amines) is 1. The number of ether oxygens (including phenoxy) is 4. The summed E-state index contributed by atoms with van der Waals surface area (Å²) in [6.45, 7) is 8.61. The number of aliphatic hydroxyl groups excluding tert-OH is 1. The van der Waals surface area contributed by atoms with Crippen molar-refractivity contribution in [2.75, 3.05) is 60.2 Å². The molecule has 2 aliphatic rings. The third kappa shape index (κ3) is 5.24. The minimum atomic E-state index is -0.948. The molecule has 11 heteroatoms. The Hall–Kier alpha value is -3.83. The summed E-state index contributed by atoms with van der Waals surface area (Å²) in [6, 6.07) is 4.25. The van der Waals surface area contributed by atoms with E-state index in [9.17, 15) is 19.5 Å². The smallest absolute Gasteiger partial charge is 0.355 e. The monoisotopic (exact) mass is 541 g/mol. The Morgan fingerprint density at radius 1 is 1.13 bits per heavy atom. The topological polar surface area (TPSA) is 131 Å². The molecule has 2 fully saturated rings. The van der Waals surface area contributed by atoms with E-state index in [0.717, 1.165) is 13.1 Å². The van der Waals surface area contributed by atoms with E-state index in [-0.39, 0.29) is 35.7 Å². The Labute approximate surface area is 227 Å². The maximum atomic E-state index is 13.6. The maximum Gasteiger partial charge on any atom is 0.355 e. The van der Waals surface area contributed by atoms with Gasteiger partial charge in [0, 0.05) is 43.0 Å². The lowest BCUT2D eigenvalue weighted by molar-refractivity contribution is -0.140. The molecule has 0 saturated carbocycles. The number of Topliss-reactive ketones (excluding diaryl/α,β-unsaturated/α-hetero) is 1. The van der Waals surface area contributed by atoms with Gasteiger partial charge in [0.1, 0.15) is 11.5 Å². The van der Waals surface area contributed by atoms with Gasteiger partial charge in [-0.2, -0.15) is 0 Å². The van der Waals surface area contributed by atoms with Crippen molar-refractivity contribution < 1.29 is 38.4 Å². The first kappa shape index (κ1) is 28.2. The highest BCUT2D eigenvalue weighted by molar-refractivity contribution is 6.46. The van der Waals surface area contributed by atoms with Gasteiger partial charge in [-0.25, -0.2) is 4.79 Å². The lowest BCUT2D eigenvalue weighted by Gasteiger charge is -2.31. The Bertz CT molecular complexity index is 1290. The number of aryl methyl sites for hydroxylation is 1. The molecule has 1 aromatic carbocycles. The average molecular weight is 542 g/mol. The molecule has 210 valence electrons. The Morgan fingerprint density at radius 3 is 2.49 bits per heavy atom. The van der Waals surface area contributed by atoms with Crippen molar-refractivity contribution in [3.05, 3.63) is 51.9 Å². The molecule has 1 aromatic heterocycles. The second-order valence-corrected chi connectivity index (χ2v) is 9.37. The van der Waals surface area contributed by atoms with Crippen molar-refractivity contribution in [3.63, 3.8) is 0 Å². The maximum absolute atomic E-state index is 13.6. The number of hydrogen-bond acceptors (Lipinski definition) is 9. The zero-order valence-corrected chi connectivity index (χ0v) is 23.0. The number of carbonyl (C=O) groups is 3. The summed E-state index contributed by atoms with van der Waals surface area (Å²) in [5.74, 6) is -1.72. The standard InChI is InChI=1S/C28H35N3O8/c1-6-39-28(35)22-16(2)20(17(3)29-22)24(32)21-23(18-8-7-9-19(36-4)26(18)37-5)31(27(34)25(21)33)11-10-30-12-14-38-15-13-30/h7-9,23,29,32H,6,10-15H2,1-5H3/b24-21+. The van der Waals surface area contributed by atoms with Gasteiger partial charge in [0.05, 0.1) is 45.7 Å². The van der Waals surface area contributed by atoms with Crippen LogP contribution in [-0.4, -0.2) is 97.8 Å². The van der Waals surface area contributed by atoms with Crippen LogP contribution in [0.4, 0.5) is 0 Å². The van der Waals surface area contributed by atoms with E-state index in [1.165, 1.54) is 19.1 Å². The minimum Gasteiger partial charge on any atom is -0.507 e. The van der Waals surface area contributed by atoms with E-state index in [4.69, 9.17) is 18.9 Å². The van der Waals surface area contributed by atoms with Crippen LogP contribution in [0.2, 0.25) is 0 Å². The number of esters is 1. The third-order valence-electron chi connectivity index (χ3n) is 7.18. The summed E-state index contributed by atoms with van der Waals surface area (Å²) in [4.78, 5) is 46.1. The zero-order valence-electron chi connectivity index (χ0n) is 23.0. The predicted octanol–water partition coefficient (Wildman–Crippen LogP) is 2.58. The van der Waals surface area contributed by atoms with Gasteiger partial charge in [-0.3, -0.25) is 14.5 Å². The van der Waals surface area contributed by atoms with Gasteiger partial charge >= 0.3 is 5.97 Å². The first-order valence-corrected chi connectivity index (χ1v) is 12.9. The van der Waals surface area contributed by atoms with Gasteiger partial charge in [-0.05, 0) is 32.4 Å². The van der Waals surface area contributed by atoms with E-state index < -0.39 is 23.7 Å². The molecule has 1 unspecified atom stereocenters. The molecule has 2 N–H and O–H groups in total. The van der Waals surface area contributed by atoms with Crippen molar-refractivity contribution in [1.29, 1.82) is 0 Å². The Balaban J connectivity index is 1.87. The van der Waals surface area contributed by atoms with Crippen LogP contribution in [0.25, 0.3) is 5.76 Å². The number of benzene rings is 1. The molecular formula is C28H35N3O8. The molecule has 2 aliphatic heterocycles. The number of aromatic amines is 1. The summed E-state index contributed by atoms with van der Waals surface area (Å²) in [7, 11) is 2.98. The summed E-state index contributed by atoms with van der Waals surface area (Å²) in [6.07, 6.45) is 0. The second-order valence-electron chi connectivity index (χ2n) is 9.37. The minimum absolute atomic E-state index is 0.0888. The van der Waals surface area contributed by atoms with E-state index in [0.29, 0.717) is 48.1 Å².